The molecule has 1 atom stereocenters. The number of hydrogen-bond acceptors (Lipinski definition) is 6. The van der Waals surface area contributed by atoms with Crippen molar-refractivity contribution >= 4 is 16.0 Å². The minimum Gasteiger partial charge on any atom is -0.497 e. The first-order chi connectivity index (χ1) is 14.9. The summed E-state index contributed by atoms with van der Waals surface area (Å²) in [4.78, 5) is 6.47. The highest BCUT2D eigenvalue weighted by atomic mass is 32.2. The third-order valence-electron chi connectivity index (χ3n) is 5.51. The number of rotatable bonds is 8. The number of piperazine rings is 1. The monoisotopic (exact) mass is 449 g/mol. The fraction of sp³-hybridized carbons (Fsp3) is 0.524. The van der Waals surface area contributed by atoms with E-state index in [9.17, 15) is 8.42 Å². The maximum atomic E-state index is 12.6. The summed E-state index contributed by atoms with van der Waals surface area (Å²) in [7, 11) is 0.00839. The quantitative estimate of drug-likeness (QED) is 0.485. The number of methoxy groups -OCH3 is 1. The molecule has 3 rings (SSSR count). The molecule has 0 saturated carbocycles. The molecular formula is C21H31N5O4S. The van der Waals surface area contributed by atoms with Crippen LogP contribution in [0.25, 0.3) is 0 Å². The Kier molecular flexibility index (Phi) is 7.91. The topological polar surface area (TPSA) is 100 Å². The second-order valence-corrected chi connectivity index (χ2v) is 9.54. The molecule has 170 valence electrons. The molecule has 10 heteroatoms. The fourth-order valence-corrected chi connectivity index (χ4v) is 5.03. The standard InChI is InChI=1S/C21H31N5O4S/c1-17(18-4-6-20(29-3)7-5-18)8-10-23-21(22-2)25-11-13-26(14-12-25)31(27,28)16-19-9-15-30-24-19/h4-7,9,15,17H,8,10-14,16H2,1-3H3,(H,22,23). The molecule has 1 aromatic carbocycles. The van der Waals surface area contributed by atoms with Crippen molar-refractivity contribution in [3.05, 3.63) is 47.9 Å². The molecule has 1 N–H and O–H groups in total. The molecule has 2 heterocycles. The van der Waals surface area contributed by atoms with Crippen molar-refractivity contribution in [3.63, 3.8) is 0 Å². The summed E-state index contributed by atoms with van der Waals surface area (Å²) in [6.07, 6.45) is 2.34. The Morgan fingerprint density at radius 1 is 1.23 bits per heavy atom. The summed E-state index contributed by atoms with van der Waals surface area (Å²) in [5.74, 6) is 1.92. The van der Waals surface area contributed by atoms with Gasteiger partial charge in [-0.2, -0.15) is 4.31 Å². The lowest BCUT2D eigenvalue weighted by Gasteiger charge is -2.35. The molecule has 2 aromatic rings. The first-order valence-electron chi connectivity index (χ1n) is 10.4. The molecule has 0 amide bonds. The molecule has 1 saturated heterocycles. The maximum absolute atomic E-state index is 12.6. The van der Waals surface area contributed by atoms with Crippen LogP contribution in [0.5, 0.6) is 5.75 Å². The number of guanidine groups is 1. The van der Waals surface area contributed by atoms with Crippen LogP contribution in [0.4, 0.5) is 0 Å². The molecule has 9 nitrogen and oxygen atoms in total. The van der Waals surface area contributed by atoms with Gasteiger partial charge >= 0.3 is 0 Å². The van der Waals surface area contributed by atoms with Gasteiger partial charge in [0.05, 0.1) is 12.8 Å². The Bertz CT molecular complexity index is 937. The van der Waals surface area contributed by atoms with E-state index in [1.54, 1.807) is 20.2 Å². The van der Waals surface area contributed by atoms with Crippen LogP contribution >= 0.6 is 0 Å². The van der Waals surface area contributed by atoms with Gasteiger partial charge in [-0.3, -0.25) is 4.99 Å². The van der Waals surface area contributed by atoms with Gasteiger partial charge in [0.25, 0.3) is 0 Å². The van der Waals surface area contributed by atoms with E-state index in [1.807, 2.05) is 12.1 Å². The number of aliphatic imine (C=N–C) groups is 1. The van der Waals surface area contributed by atoms with Crippen molar-refractivity contribution in [1.29, 1.82) is 0 Å². The zero-order chi connectivity index (χ0) is 22.3. The van der Waals surface area contributed by atoms with Crippen LogP contribution in [0.15, 0.2) is 46.1 Å². The molecule has 1 unspecified atom stereocenters. The number of sulfonamides is 1. The molecule has 1 aromatic heterocycles. The number of nitrogens with one attached hydrogen (secondary N) is 1. The molecule has 1 fully saturated rings. The summed E-state index contributed by atoms with van der Waals surface area (Å²) in [6.45, 7) is 5.00. The smallest absolute Gasteiger partial charge is 0.220 e. The van der Waals surface area contributed by atoms with Crippen molar-refractivity contribution in [2.75, 3.05) is 46.9 Å². The van der Waals surface area contributed by atoms with Gasteiger partial charge in [-0.05, 0) is 30.0 Å². The van der Waals surface area contributed by atoms with Gasteiger partial charge in [-0.25, -0.2) is 8.42 Å². The lowest BCUT2D eigenvalue weighted by atomic mass is 9.98. The van der Waals surface area contributed by atoms with Crippen LogP contribution in [0.3, 0.4) is 0 Å². The van der Waals surface area contributed by atoms with E-state index in [4.69, 9.17) is 9.26 Å². The SMILES string of the molecule is CN=C(NCCC(C)c1ccc(OC)cc1)N1CCN(S(=O)(=O)Cc2ccon2)CC1. The van der Waals surface area contributed by atoms with Crippen molar-refractivity contribution < 1.29 is 17.7 Å². The summed E-state index contributed by atoms with van der Waals surface area (Å²) < 4.78 is 36.6. The van der Waals surface area contributed by atoms with Crippen LogP contribution in [0, 0.1) is 0 Å². The van der Waals surface area contributed by atoms with Gasteiger partial charge in [0.1, 0.15) is 17.8 Å². The molecule has 0 radical (unpaired) electrons. The zero-order valence-electron chi connectivity index (χ0n) is 18.3. The van der Waals surface area contributed by atoms with Gasteiger partial charge in [-0.15, -0.1) is 0 Å². The average molecular weight is 450 g/mol. The highest BCUT2D eigenvalue weighted by molar-refractivity contribution is 7.88. The summed E-state index contributed by atoms with van der Waals surface area (Å²) >= 11 is 0. The molecule has 1 aliphatic heterocycles. The second-order valence-electron chi connectivity index (χ2n) is 7.57. The van der Waals surface area contributed by atoms with Crippen LogP contribution in [-0.2, 0) is 15.8 Å². The maximum Gasteiger partial charge on any atom is 0.220 e. The summed E-state index contributed by atoms with van der Waals surface area (Å²) in [5.41, 5.74) is 1.69. The molecule has 1 aliphatic rings. The molecule has 31 heavy (non-hydrogen) atoms. The lowest BCUT2D eigenvalue weighted by Crippen LogP contribution is -2.54. The predicted molar refractivity (Wildman–Crippen MR) is 120 cm³/mol. The number of aromatic nitrogens is 1. The minimum atomic E-state index is -3.41. The van der Waals surface area contributed by atoms with Crippen LogP contribution in [-0.4, -0.2) is 75.6 Å². The van der Waals surface area contributed by atoms with E-state index in [2.05, 4.69) is 39.4 Å². The van der Waals surface area contributed by atoms with Crippen molar-refractivity contribution in [1.82, 2.24) is 19.7 Å². The second kappa shape index (κ2) is 10.6. The largest absolute Gasteiger partial charge is 0.497 e. The van der Waals surface area contributed by atoms with E-state index in [0.717, 1.165) is 24.7 Å². The van der Waals surface area contributed by atoms with Gasteiger partial charge in [0.2, 0.25) is 10.0 Å². The Morgan fingerprint density at radius 3 is 2.52 bits per heavy atom. The Labute approximate surface area is 184 Å². The van der Waals surface area contributed by atoms with Gasteiger partial charge < -0.3 is 19.5 Å². The number of ether oxygens (including phenoxy) is 1. The van der Waals surface area contributed by atoms with E-state index in [-0.39, 0.29) is 5.75 Å². The molecule has 0 aliphatic carbocycles. The lowest BCUT2D eigenvalue weighted by molar-refractivity contribution is 0.259. The molecule has 0 bridgehead atoms. The first-order valence-corrected chi connectivity index (χ1v) is 12.0. The van der Waals surface area contributed by atoms with Gasteiger partial charge in [0, 0.05) is 45.8 Å². The molecular weight excluding hydrogens is 418 g/mol. The van der Waals surface area contributed by atoms with Crippen molar-refractivity contribution in [2.45, 2.75) is 25.0 Å². The van der Waals surface area contributed by atoms with E-state index in [0.29, 0.717) is 37.8 Å². The number of benzene rings is 1. The minimum absolute atomic E-state index is 0.139. The number of nitrogens with zero attached hydrogens (tertiary/aromatic N) is 4. The number of hydrogen-bond donors (Lipinski definition) is 1. The average Bonchev–Trinajstić information content (AvgIpc) is 3.29. The van der Waals surface area contributed by atoms with E-state index in [1.165, 1.54) is 16.1 Å². The third-order valence-corrected chi connectivity index (χ3v) is 7.32. The Morgan fingerprint density at radius 2 is 1.94 bits per heavy atom. The van der Waals surface area contributed by atoms with Crippen molar-refractivity contribution in [2.24, 2.45) is 4.99 Å². The fourth-order valence-electron chi connectivity index (χ4n) is 3.60. The Balaban J connectivity index is 1.45. The van der Waals surface area contributed by atoms with Crippen LogP contribution in [0.2, 0.25) is 0 Å². The van der Waals surface area contributed by atoms with E-state index >= 15 is 0 Å². The normalized spacial score (nSPS) is 16.9. The van der Waals surface area contributed by atoms with Crippen LogP contribution in [0.1, 0.15) is 30.5 Å². The summed E-state index contributed by atoms with van der Waals surface area (Å²) in [6, 6.07) is 9.73. The Hall–Kier alpha value is -2.59. The third kappa shape index (κ3) is 6.20. The van der Waals surface area contributed by atoms with E-state index < -0.39 is 10.0 Å². The van der Waals surface area contributed by atoms with Gasteiger partial charge in [-0.1, -0.05) is 24.2 Å². The van der Waals surface area contributed by atoms with Gasteiger partial charge in [0.15, 0.2) is 5.96 Å². The first kappa shape index (κ1) is 23.1. The molecule has 0 spiro atoms. The zero-order valence-corrected chi connectivity index (χ0v) is 19.1. The van der Waals surface area contributed by atoms with Crippen LogP contribution < -0.4 is 10.1 Å². The highest BCUT2D eigenvalue weighted by Crippen LogP contribution is 2.21. The highest BCUT2D eigenvalue weighted by Gasteiger charge is 2.29. The van der Waals surface area contributed by atoms with Crippen molar-refractivity contribution in [3.8, 4) is 5.75 Å². The summed E-state index contributed by atoms with van der Waals surface area (Å²) in [5, 5.41) is 7.12. The predicted octanol–water partition coefficient (Wildman–Crippen LogP) is 1.90.